The Bertz CT molecular complexity index is 916. The predicted molar refractivity (Wildman–Crippen MR) is 112 cm³/mol. The molecule has 1 amide bonds. The number of carbonyl (C=O) groups excluding carboxylic acids is 1. The molecule has 150 valence electrons. The minimum atomic E-state index is -0.204. The van der Waals surface area contributed by atoms with Crippen molar-refractivity contribution in [3.8, 4) is 11.5 Å². The minimum Gasteiger partial charge on any atom is -0.457 e. The molecule has 5 heteroatoms. The fraction of sp³-hybridized carbons (Fsp3) is 0.292. The number of hydrogen-bond acceptors (Lipinski definition) is 3. The Morgan fingerprint density at radius 2 is 1.69 bits per heavy atom. The maximum absolute atomic E-state index is 12.8. The molecule has 0 spiro atoms. The van der Waals surface area contributed by atoms with Crippen LogP contribution in [0.1, 0.15) is 24.8 Å². The van der Waals surface area contributed by atoms with Gasteiger partial charge in [-0.1, -0.05) is 30.3 Å². The van der Waals surface area contributed by atoms with Crippen molar-refractivity contribution in [2.45, 2.75) is 31.3 Å². The number of rotatable bonds is 7. The van der Waals surface area contributed by atoms with Crippen LogP contribution in [0.3, 0.4) is 0 Å². The van der Waals surface area contributed by atoms with E-state index in [9.17, 15) is 4.79 Å². The van der Waals surface area contributed by atoms with Crippen molar-refractivity contribution in [2.75, 3.05) is 13.2 Å². The van der Waals surface area contributed by atoms with Crippen molar-refractivity contribution in [3.05, 3.63) is 84.7 Å². The van der Waals surface area contributed by atoms with Crippen LogP contribution < -0.4 is 10.1 Å². The number of ether oxygens (including phenoxy) is 2. The van der Waals surface area contributed by atoms with Crippen molar-refractivity contribution in [1.82, 2.24) is 9.88 Å². The van der Waals surface area contributed by atoms with Crippen LogP contribution >= 0.6 is 0 Å². The summed E-state index contributed by atoms with van der Waals surface area (Å²) >= 11 is 0. The van der Waals surface area contributed by atoms with Crippen molar-refractivity contribution in [1.29, 1.82) is 0 Å². The third-order valence-electron chi connectivity index (χ3n) is 5.43. The highest BCUT2D eigenvalue weighted by Crippen LogP contribution is 2.33. The van der Waals surface area contributed by atoms with Crippen LogP contribution in [-0.4, -0.2) is 23.7 Å². The zero-order valence-corrected chi connectivity index (χ0v) is 16.4. The molecule has 0 saturated carbocycles. The number of para-hydroxylation sites is 1. The van der Waals surface area contributed by atoms with Crippen molar-refractivity contribution >= 4 is 5.91 Å². The summed E-state index contributed by atoms with van der Waals surface area (Å²) in [5.74, 6) is 1.60. The quantitative estimate of drug-likeness (QED) is 0.647. The predicted octanol–water partition coefficient (Wildman–Crippen LogP) is 4.49. The van der Waals surface area contributed by atoms with E-state index < -0.39 is 0 Å². The Labute approximate surface area is 171 Å². The summed E-state index contributed by atoms with van der Waals surface area (Å²) in [6, 6.07) is 21.5. The number of nitrogens with one attached hydrogen (secondary N) is 1. The highest BCUT2D eigenvalue weighted by atomic mass is 16.5. The van der Waals surface area contributed by atoms with Gasteiger partial charge < -0.3 is 19.4 Å². The van der Waals surface area contributed by atoms with Crippen LogP contribution in [-0.2, 0) is 21.6 Å². The number of aromatic nitrogens is 1. The van der Waals surface area contributed by atoms with Gasteiger partial charge >= 0.3 is 0 Å². The van der Waals surface area contributed by atoms with E-state index in [0.717, 1.165) is 29.9 Å². The fourth-order valence-electron chi connectivity index (χ4n) is 3.83. The lowest BCUT2D eigenvalue weighted by molar-refractivity contribution is -0.124. The van der Waals surface area contributed by atoms with Gasteiger partial charge in [0.2, 0.25) is 5.91 Å². The fourth-order valence-corrected chi connectivity index (χ4v) is 3.83. The second-order valence-corrected chi connectivity index (χ2v) is 7.44. The van der Waals surface area contributed by atoms with Gasteiger partial charge in [-0.2, -0.15) is 0 Å². The Kier molecular flexibility index (Phi) is 5.96. The first-order chi connectivity index (χ1) is 14.2. The van der Waals surface area contributed by atoms with E-state index in [1.54, 1.807) is 0 Å². The molecule has 1 aromatic heterocycles. The van der Waals surface area contributed by atoms with Gasteiger partial charge in [-0.25, -0.2) is 0 Å². The lowest BCUT2D eigenvalue weighted by atomic mass is 9.86. The van der Waals surface area contributed by atoms with Gasteiger partial charge in [-0.3, -0.25) is 4.79 Å². The van der Waals surface area contributed by atoms with E-state index in [0.29, 0.717) is 26.2 Å². The lowest BCUT2D eigenvalue weighted by Crippen LogP contribution is -2.43. The Morgan fingerprint density at radius 1 is 0.966 bits per heavy atom. The molecule has 1 fully saturated rings. The first kappa shape index (κ1) is 19.3. The van der Waals surface area contributed by atoms with Gasteiger partial charge in [0.25, 0.3) is 0 Å². The van der Waals surface area contributed by atoms with E-state index in [4.69, 9.17) is 9.47 Å². The highest BCUT2D eigenvalue weighted by molar-refractivity contribution is 5.77. The van der Waals surface area contributed by atoms with Gasteiger partial charge in [0, 0.05) is 32.2 Å². The van der Waals surface area contributed by atoms with E-state index in [1.807, 2.05) is 79.1 Å². The smallest absolute Gasteiger partial charge is 0.222 e. The molecule has 3 aromatic rings. The number of amides is 1. The summed E-state index contributed by atoms with van der Waals surface area (Å²) in [5.41, 5.74) is 0.804. The summed E-state index contributed by atoms with van der Waals surface area (Å²) in [7, 11) is 0. The first-order valence-corrected chi connectivity index (χ1v) is 10.0. The van der Waals surface area contributed by atoms with Gasteiger partial charge in [-0.15, -0.1) is 0 Å². The Balaban J connectivity index is 1.37. The number of nitrogens with zero attached hydrogens (tertiary/aromatic N) is 1. The molecule has 1 aliphatic heterocycles. The molecule has 0 bridgehead atoms. The van der Waals surface area contributed by atoms with Gasteiger partial charge in [0.1, 0.15) is 11.5 Å². The van der Waals surface area contributed by atoms with Crippen LogP contribution in [0.4, 0.5) is 0 Å². The van der Waals surface area contributed by atoms with Crippen LogP contribution in [0.25, 0.3) is 0 Å². The van der Waals surface area contributed by atoms with Crippen LogP contribution in [0, 0.1) is 0 Å². The normalized spacial score (nSPS) is 15.6. The molecule has 1 N–H and O–H groups in total. The summed E-state index contributed by atoms with van der Waals surface area (Å²) in [5, 5.41) is 3.08. The summed E-state index contributed by atoms with van der Waals surface area (Å²) in [6.07, 6.45) is 6.22. The largest absolute Gasteiger partial charge is 0.457 e. The average Bonchev–Trinajstić information content (AvgIpc) is 3.30. The first-order valence-electron chi connectivity index (χ1n) is 10.0. The van der Waals surface area contributed by atoms with Crippen molar-refractivity contribution in [3.63, 3.8) is 0 Å². The standard InChI is InChI=1S/C24H26N2O3/c27-23(18-24(11-15-28-16-12-24)26-13-4-5-14-26)25-19-20-7-6-10-22(17-20)29-21-8-2-1-3-9-21/h1-10,13-14,17H,11-12,15-16,18-19H2,(H,25,27). The third-order valence-corrected chi connectivity index (χ3v) is 5.43. The maximum Gasteiger partial charge on any atom is 0.222 e. The maximum atomic E-state index is 12.8. The average molecular weight is 390 g/mol. The van der Waals surface area contributed by atoms with E-state index >= 15 is 0 Å². The molecule has 5 nitrogen and oxygen atoms in total. The third kappa shape index (κ3) is 4.87. The zero-order chi connectivity index (χ0) is 19.9. The Hall–Kier alpha value is -3.05. The highest BCUT2D eigenvalue weighted by Gasteiger charge is 2.36. The van der Waals surface area contributed by atoms with E-state index in [1.165, 1.54) is 0 Å². The summed E-state index contributed by atoms with van der Waals surface area (Å²) in [6.45, 7) is 1.84. The molecule has 4 rings (SSSR count). The number of hydrogen-bond donors (Lipinski definition) is 1. The van der Waals surface area contributed by atoms with E-state index in [-0.39, 0.29) is 11.4 Å². The number of benzene rings is 2. The Morgan fingerprint density at radius 3 is 2.45 bits per heavy atom. The lowest BCUT2D eigenvalue weighted by Gasteiger charge is -2.38. The summed E-state index contributed by atoms with van der Waals surface area (Å²) in [4.78, 5) is 12.8. The topological polar surface area (TPSA) is 52.5 Å². The molecule has 0 aliphatic carbocycles. The SMILES string of the molecule is O=C(CC1(n2cccc2)CCOCC1)NCc1cccc(Oc2ccccc2)c1. The minimum absolute atomic E-state index is 0.0509. The van der Waals surface area contributed by atoms with Gasteiger partial charge in [-0.05, 0) is 54.8 Å². The molecule has 29 heavy (non-hydrogen) atoms. The summed E-state index contributed by atoms with van der Waals surface area (Å²) < 4.78 is 13.6. The second-order valence-electron chi connectivity index (χ2n) is 7.44. The van der Waals surface area contributed by atoms with E-state index in [2.05, 4.69) is 9.88 Å². The number of carbonyl (C=O) groups is 1. The molecular formula is C24H26N2O3. The van der Waals surface area contributed by atoms with Crippen LogP contribution in [0.5, 0.6) is 11.5 Å². The molecular weight excluding hydrogens is 364 g/mol. The molecule has 2 aromatic carbocycles. The van der Waals surface area contributed by atoms with Crippen LogP contribution in [0.15, 0.2) is 79.1 Å². The molecule has 1 aliphatic rings. The zero-order valence-electron chi connectivity index (χ0n) is 16.4. The molecule has 0 radical (unpaired) electrons. The van der Waals surface area contributed by atoms with Crippen molar-refractivity contribution < 1.29 is 14.3 Å². The van der Waals surface area contributed by atoms with Crippen LogP contribution in [0.2, 0.25) is 0 Å². The van der Waals surface area contributed by atoms with Gasteiger partial charge in [0.15, 0.2) is 0 Å². The molecule has 1 saturated heterocycles. The molecule has 0 atom stereocenters. The monoisotopic (exact) mass is 390 g/mol. The van der Waals surface area contributed by atoms with Crippen molar-refractivity contribution in [2.24, 2.45) is 0 Å². The van der Waals surface area contributed by atoms with Gasteiger partial charge in [0.05, 0.1) is 12.0 Å². The molecule has 0 unspecified atom stereocenters. The second kappa shape index (κ2) is 8.97. The molecule has 2 heterocycles.